The van der Waals surface area contributed by atoms with Crippen LogP contribution >= 0.6 is 0 Å². The molecule has 0 aromatic heterocycles. The van der Waals surface area contributed by atoms with Gasteiger partial charge in [0.15, 0.2) is 0 Å². The molecule has 0 bridgehead atoms. The van der Waals surface area contributed by atoms with E-state index in [0.717, 1.165) is 0 Å². The third kappa shape index (κ3) is 176. The van der Waals surface area contributed by atoms with Crippen LogP contribution in [0.1, 0.15) is 13.8 Å². The summed E-state index contributed by atoms with van der Waals surface area (Å²) in [7, 11) is 0.241. The maximum atomic E-state index is 2.27. The van der Waals surface area contributed by atoms with Crippen molar-refractivity contribution in [3.8, 4) is 0 Å². The number of hydrogen-bond acceptors (Lipinski definition) is 0. The summed E-state index contributed by atoms with van der Waals surface area (Å²) in [4.78, 5) is 0. The minimum absolute atomic E-state index is 0.120. The molecular weight excluding hydrogens is 249 g/mol. The maximum Gasteiger partial charge on any atom is 0.0379 e. The van der Waals surface area contributed by atoms with Gasteiger partial charge in [0.1, 0.15) is 0 Å². The van der Waals surface area contributed by atoms with Crippen molar-refractivity contribution in [2.75, 3.05) is 0 Å². The van der Waals surface area contributed by atoms with E-state index in [2.05, 4.69) is 53.1 Å². The second kappa shape index (κ2) is 18.7. The third-order valence-electron chi connectivity index (χ3n) is 0.500. The Hall–Kier alpha value is 0.977. The van der Waals surface area contributed by atoms with E-state index >= 15 is 0 Å². The topological polar surface area (TPSA) is 0 Å². The van der Waals surface area contributed by atoms with Crippen LogP contribution in [0.15, 0.2) is 0 Å². The molecule has 0 rings (SSSR count). The summed E-state index contributed by atoms with van der Waals surface area (Å²) >= 11 is 0.528. The Morgan fingerprint density at radius 2 is 0.846 bits per heavy atom. The average Bonchev–Trinajstić information content (AvgIpc) is 1.86. The van der Waals surface area contributed by atoms with Crippen LogP contribution in [0.4, 0.5) is 0 Å². The van der Waals surface area contributed by atoms with Crippen LogP contribution in [-0.4, -0.2) is 33.0 Å². The van der Waals surface area contributed by atoms with Crippen molar-refractivity contribution in [3.05, 3.63) is 0 Å². The summed E-state index contributed by atoms with van der Waals surface area (Å²) in [6, 6.07) is 0. The van der Waals surface area contributed by atoms with E-state index < -0.39 is 0 Å². The van der Waals surface area contributed by atoms with Gasteiger partial charge in [-0.15, -0.1) is 0 Å². The molecule has 0 aliphatic heterocycles. The molecule has 0 unspecified atom stereocenters. The normalized spacial score (nSPS) is 8.77. The second-order valence-corrected chi connectivity index (χ2v) is 14.0. The predicted octanol–water partition coefficient (Wildman–Crippen LogP) is 4.31. The largest absolute Gasteiger partial charge is 0.0715 e. The zero-order chi connectivity index (χ0) is 11.3. The predicted molar refractivity (Wildman–Crippen MR) is 73.4 cm³/mol. The molecule has 0 saturated heterocycles. The minimum Gasteiger partial charge on any atom is -0.0715 e. The van der Waals surface area contributed by atoms with E-state index in [1.807, 2.05) is 0 Å². The van der Waals surface area contributed by atoms with Crippen molar-refractivity contribution in [1.29, 1.82) is 0 Å². The molecule has 13 heavy (non-hydrogen) atoms. The summed E-state index contributed by atoms with van der Waals surface area (Å²) in [5.74, 6) is 0. The average molecular weight is 277 g/mol. The smallest absolute Gasteiger partial charge is 0.0379 e. The molecule has 0 nitrogen and oxygen atoms in total. The summed E-state index contributed by atoms with van der Waals surface area (Å²) in [5.41, 5.74) is 0. The van der Waals surface area contributed by atoms with Crippen LogP contribution in [0.25, 0.3) is 0 Å². The van der Waals surface area contributed by atoms with Crippen LogP contribution in [-0.2, 0) is 0 Å². The number of hydrogen-bond donors (Lipinski definition) is 0. The fourth-order valence-corrected chi connectivity index (χ4v) is 1.30. The first-order valence-corrected chi connectivity index (χ1v) is 14.1. The zero-order valence-electron chi connectivity index (χ0n) is 10.9. The number of rotatable bonds is 2. The fraction of sp³-hybridized carbons (Fsp3) is 1.00. The van der Waals surface area contributed by atoms with Crippen LogP contribution in [0.5, 0.6) is 0 Å². The van der Waals surface area contributed by atoms with E-state index in [1.165, 1.54) is 10.5 Å². The van der Waals surface area contributed by atoms with Crippen LogP contribution in [0, 0.1) is 0 Å². The quantitative estimate of drug-likeness (QED) is 0.660. The van der Waals surface area contributed by atoms with Gasteiger partial charge in [-0.3, -0.25) is 0 Å². The van der Waals surface area contributed by atoms with Gasteiger partial charge < -0.3 is 0 Å². The molecule has 0 fully saturated rings. The molecule has 0 aliphatic rings. The van der Waals surface area contributed by atoms with Crippen LogP contribution < -0.4 is 0 Å². The summed E-state index contributed by atoms with van der Waals surface area (Å²) < 4.78 is 0. The third-order valence-corrected chi connectivity index (χ3v) is 2.60. The molecule has 0 atom stereocenters. The van der Waals surface area contributed by atoms with Crippen molar-refractivity contribution in [3.63, 3.8) is 0 Å². The molecule has 0 spiro atoms. The van der Waals surface area contributed by atoms with Crippen LogP contribution in [0.3, 0.4) is 0 Å². The Morgan fingerprint density at radius 3 is 0.846 bits per heavy atom. The van der Waals surface area contributed by atoms with Crippen molar-refractivity contribution in [2.45, 2.75) is 63.6 Å². The summed E-state index contributed by atoms with van der Waals surface area (Å²) in [6.45, 7) is 18.1. The summed E-state index contributed by atoms with van der Waals surface area (Å²) in [6.07, 6.45) is 0. The molecule has 0 aliphatic carbocycles. The Kier molecular flexibility index (Phi) is 28.1. The Balaban J connectivity index is -0.000000117. The molecule has 0 amide bonds. The van der Waals surface area contributed by atoms with E-state index in [4.69, 9.17) is 0 Å². The van der Waals surface area contributed by atoms with E-state index in [9.17, 15) is 0 Å². The molecule has 0 saturated carbocycles. The Morgan fingerprint density at radius 1 is 0.692 bits per heavy atom. The van der Waals surface area contributed by atoms with E-state index in [-0.39, 0.29) is 17.6 Å². The molecule has 80 valence electrons. The van der Waals surface area contributed by atoms with Crippen molar-refractivity contribution < 1.29 is 0 Å². The van der Waals surface area contributed by atoms with Gasteiger partial charge in [0.25, 0.3) is 0 Å². The maximum absolute atomic E-state index is 2.27. The molecule has 3 heteroatoms. The zero-order valence-corrected chi connectivity index (χ0v) is 15.0. The van der Waals surface area contributed by atoms with Crippen LogP contribution in [0.2, 0.25) is 49.8 Å². The first-order valence-electron chi connectivity index (χ1n) is 5.12. The molecule has 0 aromatic carbocycles. The first-order chi connectivity index (χ1) is 5.88. The second-order valence-electron chi connectivity index (χ2n) is 3.96. The fourth-order valence-electron chi connectivity index (χ4n) is 0.250. The van der Waals surface area contributed by atoms with Crippen molar-refractivity contribution >= 4 is 33.0 Å². The first kappa shape index (κ1) is 19.5. The SMILES string of the molecule is C[CH2][Ge][CH2]C.C[Si](C)C.C[Si](C)C. The summed E-state index contributed by atoms with van der Waals surface area (Å²) in [5, 5.41) is 2.94. The molecule has 0 aromatic rings. The van der Waals surface area contributed by atoms with Crippen molar-refractivity contribution in [1.82, 2.24) is 0 Å². The van der Waals surface area contributed by atoms with E-state index in [0.29, 0.717) is 15.4 Å². The Labute approximate surface area is 96.6 Å². The molecule has 0 N–H and O–H groups in total. The molecular formula is C10H28GeSi2. The van der Waals surface area contributed by atoms with Gasteiger partial charge in [0.2, 0.25) is 0 Å². The van der Waals surface area contributed by atoms with Gasteiger partial charge in [-0.25, -0.2) is 0 Å². The van der Waals surface area contributed by atoms with Gasteiger partial charge >= 0.3 is 39.8 Å². The van der Waals surface area contributed by atoms with E-state index in [1.54, 1.807) is 0 Å². The van der Waals surface area contributed by atoms with Gasteiger partial charge in [-0.05, 0) is 0 Å². The van der Waals surface area contributed by atoms with Gasteiger partial charge in [-0.1, -0.05) is 39.3 Å². The monoisotopic (exact) mass is 278 g/mol. The molecule has 0 heterocycles. The van der Waals surface area contributed by atoms with Gasteiger partial charge in [-0.2, -0.15) is 0 Å². The molecule has 4 radical (unpaired) electrons. The Bertz CT molecular complexity index is 52.4. The van der Waals surface area contributed by atoms with Gasteiger partial charge in [0.05, 0.1) is 0 Å². The van der Waals surface area contributed by atoms with Gasteiger partial charge in [0, 0.05) is 17.6 Å². The standard InChI is InChI=1S/C4H10Ge.2C3H9Si/c1-3-5-4-2;2*1-4(2)3/h3-4H2,1-2H3;2*1-3H3. The minimum atomic E-state index is 0.120. The van der Waals surface area contributed by atoms with Crippen molar-refractivity contribution in [2.24, 2.45) is 0 Å².